The van der Waals surface area contributed by atoms with Gasteiger partial charge >= 0.3 is 0 Å². The van der Waals surface area contributed by atoms with E-state index >= 15 is 0 Å². The molecule has 2 aromatic rings. The van der Waals surface area contributed by atoms with E-state index in [2.05, 4.69) is 31.1 Å². The number of amides is 1. The molecule has 1 amide bonds. The number of nitrogens with two attached hydrogens (primary N) is 1. The molecule has 0 aliphatic carbocycles. The Morgan fingerprint density at radius 3 is 2.45 bits per heavy atom. The summed E-state index contributed by atoms with van der Waals surface area (Å²) in [6.45, 7) is 6.33. The van der Waals surface area contributed by atoms with Gasteiger partial charge in [0.2, 0.25) is 0 Å². The minimum absolute atomic E-state index is 0.0432. The summed E-state index contributed by atoms with van der Waals surface area (Å²) in [5.41, 5.74) is 8.31. The van der Waals surface area contributed by atoms with Crippen molar-refractivity contribution >= 4 is 17.3 Å². The average molecular weight is 269 g/mol. The first-order valence-electron chi connectivity index (χ1n) is 6.50. The standard InChI is InChI=1S/C16H19N3O/c1-16(2,3)12-6-4-5-7-13(12)19-15(20)14-9-8-11(17)10-18-14/h4-10H,17H2,1-3H3,(H,19,20). The lowest BCUT2D eigenvalue weighted by molar-refractivity contribution is 0.102. The first kappa shape index (κ1) is 14.1. The number of nitrogen functional groups attached to an aromatic ring is 1. The molecule has 1 heterocycles. The number of benzene rings is 1. The molecule has 0 radical (unpaired) electrons. The van der Waals surface area contributed by atoms with E-state index in [-0.39, 0.29) is 11.3 Å². The smallest absolute Gasteiger partial charge is 0.274 e. The topological polar surface area (TPSA) is 68.0 Å². The van der Waals surface area contributed by atoms with E-state index in [0.717, 1.165) is 11.3 Å². The Morgan fingerprint density at radius 2 is 1.85 bits per heavy atom. The summed E-state index contributed by atoms with van der Waals surface area (Å²) < 4.78 is 0. The van der Waals surface area contributed by atoms with Gasteiger partial charge in [0.1, 0.15) is 5.69 Å². The van der Waals surface area contributed by atoms with E-state index in [1.807, 2.05) is 24.3 Å². The molecule has 0 bridgehead atoms. The fourth-order valence-corrected chi connectivity index (χ4v) is 1.97. The molecule has 0 atom stereocenters. The molecule has 1 aromatic heterocycles. The van der Waals surface area contributed by atoms with Crippen LogP contribution in [0.25, 0.3) is 0 Å². The zero-order valence-electron chi connectivity index (χ0n) is 12.0. The first-order chi connectivity index (χ1) is 9.38. The van der Waals surface area contributed by atoms with E-state index in [4.69, 9.17) is 5.73 Å². The molecule has 4 heteroatoms. The summed E-state index contributed by atoms with van der Waals surface area (Å²) in [5.74, 6) is -0.235. The number of para-hydroxylation sites is 1. The fourth-order valence-electron chi connectivity index (χ4n) is 1.97. The van der Waals surface area contributed by atoms with Gasteiger partial charge in [-0.05, 0) is 29.2 Å². The summed E-state index contributed by atoms with van der Waals surface area (Å²) >= 11 is 0. The summed E-state index contributed by atoms with van der Waals surface area (Å²) in [7, 11) is 0. The Kier molecular flexibility index (Phi) is 3.74. The lowest BCUT2D eigenvalue weighted by Crippen LogP contribution is -2.19. The second-order valence-corrected chi connectivity index (χ2v) is 5.73. The number of anilines is 2. The molecule has 20 heavy (non-hydrogen) atoms. The van der Waals surface area contributed by atoms with Crippen LogP contribution in [-0.4, -0.2) is 10.9 Å². The van der Waals surface area contributed by atoms with Crippen LogP contribution in [0.15, 0.2) is 42.6 Å². The van der Waals surface area contributed by atoms with Crippen LogP contribution in [0.5, 0.6) is 0 Å². The Hall–Kier alpha value is -2.36. The van der Waals surface area contributed by atoms with Gasteiger partial charge in [0, 0.05) is 5.69 Å². The van der Waals surface area contributed by atoms with Crippen molar-refractivity contribution in [2.24, 2.45) is 0 Å². The Morgan fingerprint density at radius 1 is 1.15 bits per heavy atom. The molecule has 0 fully saturated rings. The quantitative estimate of drug-likeness (QED) is 0.879. The third kappa shape index (κ3) is 3.15. The van der Waals surface area contributed by atoms with Crippen LogP contribution >= 0.6 is 0 Å². The Balaban J connectivity index is 2.26. The molecule has 0 saturated carbocycles. The molecule has 0 aliphatic rings. The molecule has 3 N–H and O–H groups in total. The number of hydrogen-bond donors (Lipinski definition) is 2. The van der Waals surface area contributed by atoms with Crippen molar-refractivity contribution in [3.8, 4) is 0 Å². The molecule has 0 spiro atoms. The average Bonchev–Trinajstić information content (AvgIpc) is 2.38. The van der Waals surface area contributed by atoms with Crippen LogP contribution in [0.4, 0.5) is 11.4 Å². The summed E-state index contributed by atoms with van der Waals surface area (Å²) in [4.78, 5) is 16.2. The molecule has 0 unspecified atom stereocenters. The summed E-state index contributed by atoms with van der Waals surface area (Å²) in [6.07, 6.45) is 1.48. The maximum absolute atomic E-state index is 12.2. The molecular weight excluding hydrogens is 250 g/mol. The molecular formula is C16H19N3O. The van der Waals surface area contributed by atoms with Gasteiger partial charge in [-0.2, -0.15) is 0 Å². The van der Waals surface area contributed by atoms with Crippen molar-refractivity contribution in [1.82, 2.24) is 4.98 Å². The van der Waals surface area contributed by atoms with Crippen molar-refractivity contribution in [3.05, 3.63) is 53.9 Å². The number of pyridine rings is 1. The minimum atomic E-state index is -0.235. The molecule has 104 valence electrons. The van der Waals surface area contributed by atoms with E-state index < -0.39 is 0 Å². The zero-order chi connectivity index (χ0) is 14.8. The highest BCUT2D eigenvalue weighted by molar-refractivity contribution is 6.03. The van der Waals surface area contributed by atoms with Crippen molar-refractivity contribution in [1.29, 1.82) is 0 Å². The largest absolute Gasteiger partial charge is 0.397 e. The fraction of sp³-hybridized carbons (Fsp3) is 0.250. The summed E-state index contributed by atoms with van der Waals surface area (Å²) in [6, 6.07) is 11.1. The highest BCUT2D eigenvalue weighted by Gasteiger charge is 2.19. The predicted octanol–water partition coefficient (Wildman–Crippen LogP) is 3.21. The third-order valence-electron chi connectivity index (χ3n) is 3.00. The van der Waals surface area contributed by atoms with Gasteiger partial charge in [0.15, 0.2) is 0 Å². The Labute approximate surface area is 119 Å². The Bertz CT molecular complexity index is 612. The van der Waals surface area contributed by atoms with Crippen LogP contribution in [-0.2, 0) is 5.41 Å². The second kappa shape index (κ2) is 5.33. The highest BCUT2D eigenvalue weighted by atomic mass is 16.1. The summed E-state index contributed by atoms with van der Waals surface area (Å²) in [5, 5.41) is 2.91. The van der Waals surface area contributed by atoms with Gasteiger partial charge < -0.3 is 11.1 Å². The van der Waals surface area contributed by atoms with Crippen molar-refractivity contribution in [2.75, 3.05) is 11.1 Å². The van der Waals surface area contributed by atoms with Gasteiger partial charge in [-0.15, -0.1) is 0 Å². The van der Waals surface area contributed by atoms with Crippen LogP contribution in [0.3, 0.4) is 0 Å². The molecule has 1 aromatic carbocycles. The minimum Gasteiger partial charge on any atom is -0.397 e. The number of hydrogen-bond acceptors (Lipinski definition) is 3. The molecule has 0 aliphatic heterocycles. The van der Waals surface area contributed by atoms with Gasteiger partial charge in [-0.1, -0.05) is 39.0 Å². The van der Waals surface area contributed by atoms with Gasteiger partial charge in [0.25, 0.3) is 5.91 Å². The number of nitrogens with zero attached hydrogens (tertiary/aromatic N) is 1. The van der Waals surface area contributed by atoms with E-state index in [1.54, 1.807) is 12.1 Å². The molecule has 0 saturated heterocycles. The van der Waals surface area contributed by atoms with E-state index in [0.29, 0.717) is 11.4 Å². The van der Waals surface area contributed by atoms with Crippen LogP contribution in [0, 0.1) is 0 Å². The number of aromatic nitrogens is 1. The monoisotopic (exact) mass is 269 g/mol. The number of nitrogens with one attached hydrogen (secondary N) is 1. The van der Waals surface area contributed by atoms with Crippen LogP contribution in [0.2, 0.25) is 0 Å². The third-order valence-corrected chi connectivity index (χ3v) is 3.00. The number of rotatable bonds is 2. The SMILES string of the molecule is CC(C)(C)c1ccccc1NC(=O)c1ccc(N)cn1. The molecule has 2 rings (SSSR count). The number of carbonyl (C=O) groups is 1. The van der Waals surface area contributed by atoms with Gasteiger partial charge in [0.05, 0.1) is 11.9 Å². The molecule has 4 nitrogen and oxygen atoms in total. The van der Waals surface area contributed by atoms with Crippen molar-refractivity contribution in [2.45, 2.75) is 26.2 Å². The maximum Gasteiger partial charge on any atom is 0.274 e. The zero-order valence-corrected chi connectivity index (χ0v) is 12.0. The lowest BCUT2D eigenvalue weighted by Gasteiger charge is -2.22. The lowest BCUT2D eigenvalue weighted by atomic mass is 9.86. The van der Waals surface area contributed by atoms with E-state index in [9.17, 15) is 4.79 Å². The normalized spacial score (nSPS) is 11.2. The second-order valence-electron chi connectivity index (χ2n) is 5.73. The first-order valence-corrected chi connectivity index (χ1v) is 6.50. The predicted molar refractivity (Wildman–Crippen MR) is 81.7 cm³/mol. The van der Waals surface area contributed by atoms with Crippen molar-refractivity contribution in [3.63, 3.8) is 0 Å². The number of carbonyl (C=O) groups excluding carboxylic acids is 1. The van der Waals surface area contributed by atoms with Crippen LogP contribution < -0.4 is 11.1 Å². The van der Waals surface area contributed by atoms with Crippen molar-refractivity contribution < 1.29 is 4.79 Å². The van der Waals surface area contributed by atoms with Gasteiger partial charge in [-0.3, -0.25) is 4.79 Å². The highest BCUT2D eigenvalue weighted by Crippen LogP contribution is 2.29. The van der Waals surface area contributed by atoms with Crippen LogP contribution in [0.1, 0.15) is 36.8 Å². The van der Waals surface area contributed by atoms with E-state index in [1.165, 1.54) is 6.20 Å². The van der Waals surface area contributed by atoms with Gasteiger partial charge in [-0.25, -0.2) is 4.98 Å². The maximum atomic E-state index is 12.2.